The van der Waals surface area contributed by atoms with Crippen LogP contribution in [0.25, 0.3) is 17.7 Å². The Morgan fingerprint density at radius 2 is 1.81 bits per heavy atom. The van der Waals surface area contributed by atoms with Crippen molar-refractivity contribution >= 4 is 17.7 Å². The maximum absolute atomic E-state index is 4.31. The van der Waals surface area contributed by atoms with Crippen LogP contribution < -0.4 is 0 Å². The number of allylic oxidation sites excluding steroid dienone is 1. The minimum absolute atomic E-state index is 0.810. The summed E-state index contributed by atoms with van der Waals surface area (Å²) in [5.74, 6) is 0. The summed E-state index contributed by atoms with van der Waals surface area (Å²) in [7, 11) is 0. The van der Waals surface area contributed by atoms with Crippen molar-refractivity contribution in [3.8, 4) is 0 Å². The van der Waals surface area contributed by atoms with Gasteiger partial charge in [-0.3, -0.25) is 10.1 Å². The molecule has 0 atom stereocenters. The van der Waals surface area contributed by atoms with Crippen molar-refractivity contribution in [2.75, 3.05) is 19.6 Å². The monoisotopic (exact) mass is 412 g/mol. The fourth-order valence-corrected chi connectivity index (χ4v) is 4.21. The van der Waals surface area contributed by atoms with Crippen molar-refractivity contribution in [2.45, 2.75) is 38.5 Å². The number of piperidine rings is 1. The Morgan fingerprint density at radius 1 is 1.00 bits per heavy atom. The van der Waals surface area contributed by atoms with Crippen LogP contribution in [0.15, 0.2) is 61.6 Å². The van der Waals surface area contributed by atoms with Gasteiger partial charge in [-0.15, -0.1) is 0 Å². The average molecular weight is 413 g/mol. The van der Waals surface area contributed by atoms with Crippen LogP contribution in [0.5, 0.6) is 0 Å². The highest BCUT2D eigenvalue weighted by molar-refractivity contribution is 5.77. The zero-order valence-electron chi connectivity index (χ0n) is 18.3. The van der Waals surface area contributed by atoms with E-state index < -0.39 is 0 Å². The SMILES string of the molecule is C=C(Cc1ccc(CCCN2CCCCC2)cc1)c1[nH]ncc1/C=C/c1cccnc1. The van der Waals surface area contributed by atoms with Crippen molar-refractivity contribution in [3.05, 3.63) is 89.5 Å². The fourth-order valence-electron chi connectivity index (χ4n) is 4.21. The number of aromatic amines is 1. The molecule has 31 heavy (non-hydrogen) atoms. The van der Waals surface area contributed by atoms with Crippen LogP contribution in [0, 0.1) is 0 Å². The molecule has 0 amide bonds. The lowest BCUT2D eigenvalue weighted by Gasteiger charge is -2.26. The molecule has 0 unspecified atom stereocenters. The van der Waals surface area contributed by atoms with Gasteiger partial charge in [0, 0.05) is 18.0 Å². The molecule has 1 N–H and O–H groups in total. The Balaban J connectivity index is 1.30. The number of hydrogen-bond donors (Lipinski definition) is 1. The van der Waals surface area contributed by atoms with Gasteiger partial charge in [-0.05, 0) is 80.1 Å². The van der Waals surface area contributed by atoms with E-state index in [2.05, 4.69) is 57.0 Å². The molecular formula is C27H32N4. The number of nitrogens with zero attached hydrogens (tertiary/aromatic N) is 3. The molecular weight excluding hydrogens is 380 g/mol. The Labute approximate surface area is 185 Å². The zero-order valence-corrected chi connectivity index (χ0v) is 18.3. The lowest BCUT2D eigenvalue weighted by molar-refractivity contribution is 0.226. The smallest absolute Gasteiger partial charge is 0.0679 e. The fraction of sp³-hybridized carbons (Fsp3) is 0.333. The first kappa shape index (κ1) is 21.3. The molecule has 0 spiro atoms. The summed E-state index contributed by atoms with van der Waals surface area (Å²) >= 11 is 0. The summed E-state index contributed by atoms with van der Waals surface area (Å²) in [6, 6.07) is 13.0. The molecule has 1 fully saturated rings. The minimum Gasteiger partial charge on any atom is -0.303 e. The number of likely N-dealkylation sites (tertiary alicyclic amines) is 1. The Hall–Kier alpha value is -2.98. The van der Waals surface area contributed by atoms with Gasteiger partial charge in [-0.2, -0.15) is 5.10 Å². The molecule has 4 rings (SSSR count). The van der Waals surface area contributed by atoms with Crippen LogP contribution in [0.1, 0.15) is 53.6 Å². The summed E-state index contributed by atoms with van der Waals surface area (Å²) < 4.78 is 0. The van der Waals surface area contributed by atoms with Crippen molar-refractivity contribution in [3.63, 3.8) is 0 Å². The molecule has 3 heterocycles. The number of hydrogen-bond acceptors (Lipinski definition) is 3. The zero-order chi connectivity index (χ0) is 21.3. The largest absolute Gasteiger partial charge is 0.303 e. The lowest BCUT2D eigenvalue weighted by Crippen LogP contribution is -2.30. The van der Waals surface area contributed by atoms with Gasteiger partial charge in [0.05, 0.1) is 11.9 Å². The standard InChI is InChI=1S/C27H32N4/c1-22(27-26(21-29-30-27)14-13-25-7-5-15-28-20-25)19-24-11-9-23(10-12-24)8-6-18-31-16-3-2-4-17-31/h5,7,9-15,20-21H,1-4,6,8,16-19H2,(H,29,30)/b14-13+. The van der Waals surface area contributed by atoms with Gasteiger partial charge in [0.15, 0.2) is 0 Å². The van der Waals surface area contributed by atoms with E-state index in [-0.39, 0.29) is 0 Å². The molecule has 3 aromatic rings. The normalized spacial score (nSPS) is 14.8. The Morgan fingerprint density at radius 3 is 2.58 bits per heavy atom. The first-order valence-electron chi connectivity index (χ1n) is 11.4. The van der Waals surface area contributed by atoms with E-state index in [4.69, 9.17) is 0 Å². The number of rotatable bonds is 9. The molecule has 1 saturated heterocycles. The first-order chi connectivity index (χ1) is 15.3. The molecule has 1 aliphatic rings. The van der Waals surface area contributed by atoms with Gasteiger partial charge in [-0.25, -0.2) is 0 Å². The van der Waals surface area contributed by atoms with Gasteiger partial charge in [0.25, 0.3) is 0 Å². The van der Waals surface area contributed by atoms with Crippen LogP contribution in [-0.4, -0.2) is 39.7 Å². The second-order valence-electron chi connectivity index (χ2n) is 8.42. The summed E-state index contributed by atoms with van der Waals surface area (Å²) in [4.78, 5) is 6.77. The molecule has 4 heteroatoms. The van der Waals surface area contributed by atoms with Crippen LogP contribution in [0.2, 0.25) is 0 Å². The van der Waals surface area contributed by atoms with Gasteiger partial charge < -0.3 is 4.90 Å². The van der Waals surface area contributed by atoms with Crippen molar-refractivity contribution in [2.24, 2.45) is 0 Å². The summed E-state index contributed by atoms with van der Waals surface area (Å²) in [5, 5.41) is 7.34. The van der Waals surface area contributed by atoms with Gasteiger partial charge in [-0.1, -0.05) is 55.5 Å². The maximum Gasteiger partial charge on any atom is 0.0679 e. The van der Waals surface area contributed by atoms with E-state index in [1.807, 2.05) is 30.6 Å². The third-order valence-corrected chi connectivity index (χ3v) is 5.99. The molecule has 0 saturated carbocycles. The van der Waals surface area contributed by atoms with Crippen LogP contribution in [0.3, 0.4) is 0 Å². The summed E-state index contributed by atoms with van der Waals surface area (Å²) in [6.45, 7) is 8.11. The van der Waals surface area contributed by atoms with Gasteiger partial charge in [0.2, 0.25) is 0 Å². The van der Waals surface area contributed by atoms with E-state index in [1.54, 1.807) is 6.20 Å². The third kappa shape index (κ3) is 6.25. The van der Waals surface area contributed by atoms with E-state index in [9.17, 15) is 0 Å². The highest BCUT2D eigenvalue weighted by Gasteiger charge is 2.10. The van der Waals surface area contributed by atoms with Gasteiger partial charge >= 0.3 is 0 Å². The predicted octanol–water partition coefficient (Wildman–Crippen LogP) is 5.65. The second-order valence-corrected chi connectivity index (χ2v) is 8.42. The number of H-pyrrole nitrogens is 1. The van der Waals surface area contributed by atoms with E-state index in [1.165, 1.54) is 56.4 Å². The molecule has 4 nitrogen and oxygen atoms in total. The number of aryl methyl sites for hydroxylation is 1. The molecule has 1 aromatic carbocycles. The molecule has 0 aliphatic carbocycles. The lowest BCUT2D eigenvalue weighted by atomic mass is 9.99. The van der Waals surface area contributed by atoms with Crippen LogP contribution in [0.4, 0.5) is 0 Å². The number of benzene rings is 1. The van der Waals surface area contributed by atoms with Crippen molar-refractivity contribution in [1.82, 2.24) is 20.1 Å². The highest BCUT2D eigenvalue weighted by Crippen LogP contribution is 2.22. The van der Waals surface area contributed by atoms with Gasteiger partial charge in [0.1, 0.15) is 0 Å². The Bertz CT molecular complexity index is 980. The highest BCUT2D eigenvalue weighted by atomic mass is 15.1. The number of nitrogens with one attached hydrogen (secondary N) is 1. The van der Waals surface area contributed by atoms with Crippen LogP contribution in [-0.2, 0) is 12.8 Å². The van der Waals surface area contributed by atoms with Crippen molar-refractivity contribution < 1.29 is 0 Å². The molecule has 0 bridgehead atoms. The molecule has 2 aromatic heterocycles. The average Bonchev–Trinajstić information content (AvgIpc) is 3.29. The van der Waals surface area contributed by atoms with E-state index in [0.29, 0.717) is 0 Å². The Kier molecular flexibility index (Phi) is 7.46. The minimum atomic E-state index is 0.810. The molecule has 160 valence electrons. The van der Waals surface area contributed by atoms with Crippen LogP contribution >= 0.6 is 0 Å². The van der Waals surface area contributed by atoms with E-state index in [0.717, 1.165) is 35.2 Å². The summed E-state index contributed by atoms with van der Waals surface area (Å²) in [6.07, 6.45) is 16.9. The molecule has 0 radical (unpaired) electrons. The predicted molar refractivity (Wildman–Crippen MR) is 130 cm³/mol. The second kappa shape index (κ2) is 10.9. The summed E-state index contributed by atoms with van der Waals surface area (Å²) in [5.41, 5.74) is 6.85. The first-order valence-corrected chi connectivity index (χ1v) is 11.4. The quantitative estimate of drug-likeness (QED) is 0.494. The molecule has 1 aliphatic heterocycles. The third-order valence-electron chi connectivity index (χ3n) is 5.99. The number of aromatic nitrogens is 3. The topological polar surface area (TPSA) is 44.8 Å². The van der Waals surface area contributed by atoms with Crippen molar-refractivity contribution in [1.29, 1.82) is 0 Å². The number of pyridine rings is 1. The van der Waals surface area contributed by atoms with E-state index >= 15 is 0 Å². The maximum atomic E-state index is 4.31.